The Morgan fingerprint density at radius 1 is 1.31 bits per heavy atom. The van der Waals surface area contributed by atoms with Crippen molar-refractivity contribution in [1.29, 1.82) is 0 Å². The normalized spacial score (nSPS) is 12.2. The zero-order chi connectivity index (χ0) is 11.8. The number of aryl methyl sites for hydroxylation is 1. The summed E-state index contributed by atoms with van der Waals surface area (Å²) in [5, 5.41) is 3.11. The average molecular weight is 229 g/mol. The van der Waals surface area contributed by atoms with Crippen LogP contribution >= 0.6 is 0 Å². The smallest absolute Gasteiger partial charge is 0.356 e. The van der Waals surface area contributed by atoms with Crippen LogP contribution in [0.2, 0.25) is 0 Å². The number of halogens is 3. The van der Waals surface area contributed by atoms with Gasteiger partial charge in [-0.2, -0.15) is 13.2 Å². The summed E-state index contributed by atoms with van der Waals surface area (Å²) in [6.07, 6.45) is -2.83. The van der Waals surface area contributed by atoms with Gasteiger partial charge in [-0.05, 0) is 24.1 Å². The van der Waals surface area contributed by atoms with E-state index in [9.17, 15) is 13.2 Å². The minimum absolute atomic E-state index is 0.0402. The highest BCUT2D eigenvalue weighted by Crippen LogP contribution is 2.34. The second kappa shape index (κ2) is 3.81. The van der Waals surface area contributed by atoms with Gasteiger partial charge in [0.05, 0.1) is 5.39 Å². The highest BCUT2D eigenvalue weighted by Gasteiger charge is 2.36. The molecule has 2 nitrogen and oxygen atoms in total. The molecule has 0 amide bonds. The monoisotopic (exact) mass is 229 g/mol. The van der Waals surface area contributed by atoms with Crippen LogP contribution < -0.4 is 0 Å². The first-order chi connectivity index (χ1) is 7.52. The summed E-state index contributed by atoms with van der Waals surface area (Å²) in [5.74, 6) is 0. The molecule has 0 aliphatic rings. The molecule has 0 spiro atoms. The van der Waals surface area contributed by atoms with Crippen molar-refractivity contribution >= 4 is 11.0 Å². The van der Waals surface area contributed by atoms with Gasteiger partial charge in [-0.3, -0.25) is 0 Å². The minimum atomic E-state index is -4.46. The molecule has 0 fully saturated rings. The molecular formula is C11H10F3NO. The van der Waals surface area contributed by atoms with E-state index in [1.54, 1.807) is 6.07 Å². The summed E-state index contributed by atoms with van der Waals surface area (Å²) >= 11 is 0. The van der Waals surface area contributed by atoms with E-state index in [-0.39, 0.29) is 11.0 Å². The lowest BCUT2D eigenvalue weighted by Gasteiger charge is -2.02. The van der Waals surface area contributed by atoms with Crippen LogP contribution in [0, 0.1) is 0 Å². The van der Waals surface area contributed by atoms with E-state index >= 15 is 0 Å². The molecule has 1 aromatic carbocycles. The maximum atomic E-state index is 12.5. The van der Waals surface area contributed by atoms with Crippen molar-refractivity contribution in [3.8, 4) is 0 Å². The Labute approximate surface area is 90.0 Å². The Morgan fingerprint density at radius 3 is 2.69 bits per heavy atom. The van der Waals surface area contributed by atoms with Crippen molar-refractivity contribution in [1.82, 2.24) is 5.16 Å². The van der Waals surface area contributed by atoms with Crippen LogP contribution in [0.1, 0.15) is 24.6 Å². The SMILES string of the molecule is CCCc1ccc2onc(C(F)(F)F)c2c1. The lowest BCUT2D eigenvalue weighted by molar-refractivity contribution is -0.141. The lowest BCUT2D eigenvalue weighted by Crippen LogP contribution is -2.05. The molecule has 0 aliphatic carbocycles. The van der Waals surface area contributed by atoms with Crippen LogP contribution in [0.15, 0.2) is 22.7 Å². The van der Waals surface area contributed by atoms with Gasteiger partial charge in [0.1, 0.15) is 0 Å². The summed E-state index contributed by atoms with van der Waals surface area (Å²) in [6.45, 7) is 1.97. The number of alkyl halides is 3. The molecule has 0 N–H and O–H groups in total. The highest BCUT2D eigenvalue weighted by atomic mass is 19.4. The van der Waals surface area contributed by atoms with Crippen LogP contribution in [0.4, 0.5) is 13.2 Å². The molecular weight excluding hydrogens is 219 g/mol. The Morgan fingerprint density at radius 2 is 2.06 bits per heavy atom. The first-order valence-electron chi connectivity index (χ1n) is 4.98. The Hall–Kier alpha value is -1.52. The van der Waals surface area contributed by atoms with Crippen molar-refractivity contribution in [2.75, 3.05) is 0 Å². The summed E-state index contributed by atoms with van der Waals surface area (Å²) < 4.78 is 42.3. The van der Waals surface area contributed by atoms with E-state index in [1.807, 2.05) is 6.92 Å². The molecule has 86 valence electrons. The fourth-order valence-electron chi connectivity index (χ4n) is 1.63. The first-order valence-corrected chi connectivity index (χ1v) is 4.98. The number of hydrogen-bond acceptors (Lipinski definition) is 2. The lowest BCUT2D eigenvalue weighted by atomic mass is 10.1. The number of hydrogen-bond donors (Lipinski definition) is 0. The Kier molecular flexibility index (Phi) is 2.61. The van der Waals surface area contributed by atoms with Gasteiger partial charge >= 0.3 is 6.18 Å². The van der Waals surface area contributed by atoms with E-state index in [4.69, 9.17) is 0 Å². The topological polar surface area (TPSA) is 26.0 Å². The largest absolute Gasteiger partial charge is 0.437 e. The number of rotatable bonds is 2. The van der Waals surface area contributed by atoms with Crippen LogP contribution in [0.25, 0.3) is 11.0 Å². The zero-order valence-electron chi connectivity index (χ0n) is 8.64. The Balaban J connectivity index is 2.56. The Bertz CT molecular complexity index is 501. The van der Waals surface area contributed by atoms with Gasteiger partial charge < -0.3 is 4.52 Å². The third kappa shape index (κ3) is 1.89. The van der Waals surface area contributed by atoms with E-state index in [1.165, 1.54) is 12.1 Å². The molecule has 0 saturated carbocycles. The zero-order valence-corrected chi connectivity index (χ0v) is 8.64. The summed E-state index contributed by atoms with van der Waals surface area (Å²) in [4.78, 5) is 0. The highest BCUT2D eigenvalue weighted by molar-refractivity contribution is 5.80. The van der Waals surface area contributed by atoms with Crippen molar-refractivity contribution in [3.05, 3.63) is 29.5 Å². The number of nitrogens with zero attached hydrogens (tertiary/aromatic N) is 1. The van der Waals surface area contributed by atoms with Gasteiger partial charge in [0, 0.05) is 0 Å². The van der Waals surface area contributed by atoms with Gasteiger partial charge in [-0.25, -0.2) is 0 Å². The summed E-state index contributed by atoms with van der Waals surface area (Å²) in [7, 11) is 0. The molecule has 0 aliphatic heterocycles. The van der Waals surface area contributed by atoms with E-state index in [2.05, 4.69) is 9.68 Å². The minimum Gasteiger partial charge on any atom is -0.356 e. The van der Waals surface area contributed by atoms with Crippen molar-refractivity contribution in [2.24, 2.45) is 0 Å². The molecule has 1 heterocycles. The van der Waals surface area contributed by atoms with Crippen molar-refractivity contribution in [3.63, 3.8) is 0 Å². The second-order valence-electron chi connectivity index (χ2n) is 3.61. The van der Waals surface area contributed by atoms with E-state index in [0.29, 0.717) is 0 Å². The maximum Gasteiger partial charge on any atom is 0.437 e. The number of fused-ring (bicyclic) bond motifs is 1. The molecule has 0 radical (unpaired) electrons. The predicted molar refractivity (Wildman–Crippen MR) is 53.0 cm³/mol. The van der Waals surface area contributed by atoms with E-state index < -0.39 is 11.9 Å². The van der Waals surface area contributed by atoms with Crippen LogP contribution in [-0.4, -0.2) is 5.16 Å². The molecule has 0 saturated heterocycles. The quantitative estimate of drug-likeness (QED) is 0.782. The third-order valence-electron chi connectivity index (χ3n) is 2.34. The molecule has 2 aromatic rings. The predicted octanol–water partition coefficient (Wildman–Crippen LogP) is 3.80. The standard InChI is InChI=1S/C11H10F3NO/c1-2-3-7-4-5-9-8(6-7)10(15-16-9)11(12,13)14/h4-6H,2-3H2,1H3. The molecule has 0 unspecified atom stereocenters. The summed E-state index contributed by atoms with van der Waals surface area (Å²) in [6, 6.07) is 4.79. The average Bonchev–Trinajstić information content (AvgIpc) is 2.60. The maximum absolute atomic E-state index is 12.5. The van der Waals surface area contributed by atoms with Gasteiger partial charge in [-0.1, -0.05) is 24.6 Å². The molecule has 2 rings (SSSR count). The van der Waals surface area contributed by atoms with Gasteiger partial charge in [0.2, 0.25) is 0 Å². The first kappa shape index (κ1) is 11.0. The van der Waals surface area contributed by atoms with Crippen LogP contribution in [0.3, 0.4) is 0 Å². The fraction of sp³-hybridized carbons (Fsp3) is 0.364. The number of benzene rings is 1. The fourth-order valence-corrected chi connectivity index (χ4v) is 1.63. The van der Waals surface area contributed by atoms with Gasteiger partial charge in [-0.15, -0.1) is 0 Å². The molecule has 5 heteroatoms. The molecule has 0 atom stereocenters. The van der Waals surface area contributed by atoms with Crippen LogP contribution in [-0.2, 0) is 12.6 Å². The molecule has 0 bridgehead atoms. The van der Waals surface area contributed by atoms with Crippen molar-refractivity contribution in [2.45, 2.75) is 25.9 Å². The molecule has 1 aromatic heterocycles. The number of aromatic nitrogens is 1. The third-order valence-corrected chi connectivity index (χ3v) is 2.34. The van der Waals surface area contributed by atoms with E-state index in [0.717, 1.165) is 18.4 Å². The van der Waals surface area contributed by atoms with Gasteiger partial charge in [0.25, 0.3) is 0 Å². The molecule has 16 heavy (non-hydrogen) atoms. The second-order valence-corrected chi connectivity index (χ2v) is 3.61. The van der Waals surface area contributed by atoms with Crippen molar-refractivity contribution < 1.29 is 17.7 Å². The summed E-state index contributed by atoms with van der Waals surface area (Å²) in [5.41, 5.74) is 0.0938. The van der Waals surface area contributed by atoms with Crippen LogP contribution in [0.5, 0.6) is 0 Å². The van der Waals surface area contributed by atoms with Gasteiger partial charge in [0.15, 0.2) is 11.3 Å².